The molecule has 0 saturated heterocycles. The van der Waals surface area contributed by atoms with Gasteiger partial charge in [0.1, 0.15) is 11.6 Å². The van der Waals surface area contributed by atoms with Gasteiger partial charge in [0.25, 0.3) is 0 Å². The van der Waals surface area contributed by atoms with Crippen molar-refractivity contribution in [2.45, 2.75) is 166 Å². The van der Waals surface area contributed by atoms with E-state index in [2.05, 4.69) is 225 Å². The number of hydrogen-bond donors (Lipinski definition) is 0. The number of benzene rings is 7. The van der Waals surface area contributed by atoms with Crippen LogP contribution in [0.4, 0.5) is 0 Å². The van der Waals surface area contributed by atoms with Gasteiger partial charge in [0, 0.05) is 20.1 Å². The van der Waals surface area contributed by atoms with Crippen LogP contribution in [0.1, 0.15) is 154 Å². The molecule has 79 heavy (non-hydrogen) atoms. The molecule has 0 fully saturated rings. The largest absolute Gasteiger partial charge is 0.212 e. The highest BCUT2D eigenvalue weighted by atomic mass is 79.9. The molecule has 0 radical (unpaired) electrons. The van der Waals surface area contributed by atoms with Gasteiger partial charge in [-0.15, -0.1) is 0 Å². The van der Waals surface area contributed by atoms with Gasteiger partial charge in [-0.2, -0.15) is 10.2 Å². The summed E-state index contributed by atoms with van der Waals surface area (Å²) in [6.45, 7) is 21.4. The highest BCUT2D eigenvalue weighted by Crippen LogP contribution is 2.34. The summed E-state index contributed by atoms with van der Waals surface area (Å²) in [4.78, 5) is 9.54. The van der Waals surface area contributed by atoms with E-state index in [1.54, 1.807) is 0 Å². The van der Waals surface area contributed by atoms with E-state index in [9.17, 15) is 0 Å². The van der Waals surface area contributed by atoms with Gasteiger partial charge in [-0.1, -0.05) is 219 Å². The second-order valence-electron chi connectivity index (χ2n) is 21.5. The summed E-state index contributed by atoms with van der Waals surface area (Å²) >= 11 is 7.07. The Balaban J connectivity index is 0.000000211. The predicted molar refractivity (Wildman–Crippen MR) is 343 cm³/mol. The maximum atomic E-state index is 4.92. The summed E-state index contributed by atoms with van der Waals surface area (Å²) in [6.07, 6.45) is 19.4. The van der Waals surface area contributed by atoms with Crippen molar-refractivity contribution in [2.24, 2.45) is 0 Å². The van der Waals surface area contributed by atoms with Crippen LogP contribution in [0.3, 0.4) is 0 Å². The van der Waals surface area contributed by atoms with Crippen molar-refractivity contribution in [1.29, 1.82) is 0 Å². The standard InChI is InChI=1S/C41H49N3.C17H15Br2N3.C13H20/c1-6-8-10-12-15-33-19-23-35(24-20-33)37-17-14-18-38(29-37)41-42-32(5)43-44(41)40-30(3)27-39(28-31(40)4)36-25-21-34(22-26-36)16-13-11-9-7-2;1-10-7-15(19)8-11(2)16(10)22-17(20-12(3)21-22)13-5-4-6-14(18)9-13;1-3-4-5-6-7-13-10-8-12(2)9-11-13/h14,17-29H,6-13,15-16H2,1-5H3;4-9H,1-3H3;8-11H,3-7H2,1-2H3. The summed E-state index contributed by atoms with van der Waals surface area (Å²) in [5.41, 5.74) is 19.6. The third-order valence-electron chi connectivity index (χ3n) is 14.7. The van der Waals surface area contributed by atoms with Crippen LogP contribution < -0.4 is 0 Å². The summed E-state index contributed by atoms with van der Waals surface area (Å²) in [7, 11) is 0. The lowest BCUT2D eigenvalue weighted by molar-refractivity contribution is 0.667. The van der Waals surface area contributed by atoms with Crippen molar-refractivity contribution in [2.75, 3.05) is 0 Å². The molecule has 2 aromatic heterocycles. The maximum absolute atomic E-state index is 4.92. The fourth-order valence-corrected chi connectivity index (χ4v) is 11.5. The Hall–Kier alpha value is -6.22. The second-order valence-corrected chi connectivity index (χ2v) is 23.4. The summed E-state index contributed by atoms with van der Waals surface area (Å²) < 4.78 is 6.09. The van der Waals surface area contributed by atoms with Crippen molar-refractivity contribution in [3.63, 3.8) is 0 Å². The Morgan fingerprint density at radius 2 is 0.722 bits per heavy atom. The van der Waals surface area contributed by atoms with Gasteiger partial charge in [-0.05, 0) is 191 Å². The number of hydrogen-bond acceptors (Lipinski definition) is 4. The molecule has 7 aromatic carbocycles. The maximum Gasteiger partial charge on any atom is 0.163 e. The third-order valence-corrected chi connectivity index (χ3v) is 15.6. The van der Waals surface area contributed by atoms with E-state index in [-0.39, 0.29) is 0 Å². The number of aromatic nitrogens is 6. The zero-order valence-corrected chi connectivity index (χ0v) is 52.1. The number of nitrogens with zero attached hydrogens (tertiary/aromatic N) is 6. The SMILES string of the molecule is CCCCCCc1ccc(-c2cccc(-c3nc(C)nn3-c3c(C)cc(-c4ccc(CCCCCC)cc4)cc3C)c2)cc1.CCCCCCc1ccc(C)cc1.Cc1nc(-c2cccc(Br)c2)n(-c2c(C)cc(Br)cc2C)n1. The van der Waals surface area contributed by atoms with Crippen molar-refractivity contribution < 1.29 is 0 Å². The van der Waals surface area contributed by atoms with Gasteiger partial charge >= 0.3 is 0 Å². The normalized spacial score (nSPS) is 11.0. The molecule has 6 nitrogen and oxygen atoms in total. The molecule has 9 rings (SSSR count). The zero-order chi connectivity index (χ0) is 56.3. The molecule has 0 amide bonds. The Bertz CT molecular complexity index is 3280. The van der Waals surface area contributed by atoms with Crippen LogP contribution >= 0.6 is 31.9 Å². The van der Waals surface area contributed by atoms with E-state index in [1.165, 1.54) is 139 Å². The highest BCUT2D eigenvalue weighted by Gasteiger charge is 2.19. The van der Waals surface area contributed by atoms with Gasteiger partial charge in [0.15, 0.2) is 11.6 Å². The molecule has 0 bridgehead atoms. The lowest BCUT2D eigenvalue weighted by atomic mass is 9.97. The number of halogens is 2. The predicted octanol–water partition coefficient (Wildman–Crippen LogP) is 20.9. The topological polar surface area (TPSA) is 61.4 Å². The Labute approximate surface area is 490 Å². The number of unbranched alkanes of at least 4 members (excludes halogenated alkanes) is 9. The molecule has 412 valence electrons. The molecule has 0 aliphatic rings. The molecule has 0 aliphatic heterocycles. The first-order chi connectivity index (χ1) is 38.2. The van der Waals surface area contributed by atoms with Gasteiger partial charge in [-0.3, -0.25) is 0 Å². The van der Waals surface area contributed by atoms with Crippen LogP contribution in [0.15, 0.2) is 155 Å². The molecule has 8 heteroatoms. The van der Waals surface area contributed by atoms with Crippen molar-refractivity contribution >= 4 is 31.9 Å². The molecular weight excluding hydrogens is 1100 g/mol. The molecular formula is C71H84Br2N6. The first kappa shape index (κ1) is 60.4. The van der Waals surface area contributed by atoms with E-state index in [0.717, 1.165) is 78.7 Å². The van der Waals surface area contributed by atoms with E-state index >= 15 is 0 Å². The molecule has 9 aromatic rings. The minimum absolute atomic E-state index is 0.761. The highest BCUT2D eigenvalue weighted by molar-refractivity contribution is 9.10. The van der Waals surface area contributed by atoms with Crippen LogP contribution in [0.2, 0.25) is 0 Å². The summed E-state index contributed by atoms with van der Waals surface area (Å²) in [6, 6.07) is 52.8. The molecule has 0 saturated carbocycles. The van der Waals surface area contributed by atoms with E-state index < -0.39 is 0 Å². The van der Waals surface area contributed by atoms with Gasteiger partial charge in [-0.25, -0.2) is 19.3 Å². The lowest BCUT2D eigenvalue weighted by Gasteiger charge is -2.15. The molecule has 0 spiro atoms. The Morgan fingerprint density at radius 3 is 1.15 bits per heavy atom. The monoisotopic (exact) mass is 1180 g/mol. The first-order valence-electron chi connectivity index (χ1n) is 29.1. The number of rotatable bonds is 21. The average molecular weight is 1180 g/mol. The minimum atomic E-state index is 0.761. The van der Waals surface area contributed by atoms with Crippen molar-refractivity contribution in [3.05, 3.63) is 211 Å². The van der Waals surface area contributed by atoms with Crippen molar-refractivity contribution in [3.8, 4) is 56.4 Å². The van der Waals surface area contributed by atoms with E-state index in [0.29, 0.717) is 0 Å². The summed E-state index contributed by atoms with van der Waals surface area (Å²) in [5.74, 6) is 3.27. The zero-order valence-electron chi connectivity index (χ0n) is 48.9. The van der Waals surface area contributed by atoms with Crippen LogP contribution in [0.25, 0.3) is 56.4 Å². The number of aryl methyl sites for hydroxylation is 10. The quantitative estimate of drug-likeness (QED) is 0.0673. The molecule has 0 aliphatic carbocycles. The van der Waals surface area contributed by atoms with E-state index in [4.69, 9.17) is 10.1 Å². The van der Waals surface area contributed by atoms with Gasteiger partial charge < -0.3 is 0 Å². The van der Waals surface area contributed by atoms with E-state index in [1.807, 2.05) is 41.4 Å². The Kier molecular flexibility index (Phi) is 23.2. The molecule has 0 N–H and O–H groups in total. The van der Waals surface area contributed by atoms with Crippen molar-refractivity contribution in [1.82, 2.24) is 29.5 Å². The van der Waals surface area contributed by atoms with Gasteiger partial charge in [0.05, 0.1) is 11.4 Å². The fourth-order valence-electron chi connectivity index (χ4n) is 10.4. The summed E-state index contributed by atoms with van der Waals surface area (Å²) in [5, 5.41) is 9.51. The van der Waals surface area contributed by atoms with Gasteiger partial charge in [0.2, 0.25) is 0 Å². The Morgan fingerprint density at radius 1 is 0.342 bits per heavy atom. The average Bonchev–Trinajstić information content (AvgIpc) is 4.07. The third kappa shape index (κ3) is 17.4. The minimum Gasteiger partial charge on any atom is -0.212 e. The first-order valence-corrected chi connectivity index (χ1v) is 30.7. The smallest absolute Gasteiger partial charge is 0.163 e. The van der Waals surface area contributed by atoms with Crippen LogP contribution in [-0.2, 0) is 19.3 Å². The molecule has 2 heterocycles. The second kappa shape index (κ2) is 30.4. The lowest BCUT2D eigenvalue weighted by Crippen LogP contribution is -2.05. The fraction of sp³-hybridized carbons (Fsp3) is 0.352. The van der Waals surface area contributed by atoms with Crippen LogP contribution in [0, 0.1) is 48.5 Å². The molecule has 0 unspecified atom stereocenters. The molecule has 0 atom stereocenters. The van der Waals surface area contributed by atoms with Crippen LogP contribution in [0.5, 0.6) is 0 Å². The van der Waals surface area contributed by atoms with Crippen LogP contribution in [-0.4, -0.2) is 29.5 Å².